The number of hydrogen-bond acceptors (Lipinski definition) is 6. The van der Waals surface area contributed by atoms with E-state index in [-0.39, 0.29) is 18.0 Å². The molecule has 0 aliphatic rings. The highest BCUT2D eigenvalue weighted by Gasteiger charge is 2.36. The third-order valence-electron chi connectivity index (χ3n) is 2.02. The van der Waals surface area contributed by atoms with Crippen LogP contribution in [-0.2, 0) is 11.3 Å². The Morgan fingerprint density at radius 3 is 2.47 bits per heavy atom. The molecule has 1 heterocycles. The standard InChI is InChI=1S/C10H11F3N2O4/c1-17-6-3-5(4-14)15-7(9(16)18-2)8(6)19-10(11,12)13/h3H,4,14H2,1-2H3. The Morgan fingerprint density at radius 2 is 2.05 bits per heavy atom. The van der Waals surface area contributed by atoms with Gasteiger partial charge in [-0.05, 0) is 0 Å². The fourth-order valence-corrected chi connectivity index (χ4v) is 1.27. The highest BCUT2D eigenvalue weighted by Crippen LogP contribution is 2.35. The number of nitrogens with zero attached hydrogens (tertiary/aromatic N) is 1. The number of methoxy groups -OCH3 is 2. The van der Waals surface area contributed by atoms with E-state index < -0.39 is 23.8 Å². The Kier molecular flexibility index (Phi) is 4.54. The van der Waals surface area contributed by atoms with E-state index in [0.717, 1.165) is 20.3 Å². The number of carbonyl (C=O) groups is 1. The highest BCUT2D eigenvalue weighted by molar-refractivity contribution is 5.91. The number of pyridine rings is 1. The largest absolute Gasteiger partial charge is 0.573 e. The van der Waals surface area contributed by atoms with Crippen LogP contribution in [0.2, 0.25) is 0 Å². The number of halogens is 3. The second-order valence-electron chi connectivity index (χ2n) is 3.24. The van der Waals surface area contributed by atoms with Crippen molar-refractivity contribution >= 4 is 5.97 Å². The molecule has 0 aliphatic carbocycles. The molecule has 0 unspecified atom stereocenters. The first-order valence-corrected chi connectivity index (χ1v) is 4.94. The predicted octanol–water partition coefficient (Wildman–Crippen LogP) is 1.23. The Labute approximate surface area is 106 Å². The van der Waals surface area contributed by atoms with Crippen LogP contribution in [0.25, 0.3) is 0 Å². The van der Waals surface area contributed by atoms with E-state index >= 15 is 0 Å². The zero-order valence-corrected chi connectivity index (χ0v) is 10.1. The Bertz CT molecular complexity index is 477. The molecule has 0 saturated heterocycles. The van der Waals surface area contributed by atoms with Crippen LogP contribution in [0.5, 0.6) is 11.5 Å². The summed E-state index contributed by atoms with van der Waals surface area (Å²) in [5.74, 6) is -2.26. The lowest BCUT2D eigenvalue weighted by Gasteiger charge is -2.15. The van der Waals surface area contributed by atoms with Crippen molar-refractivity contribution in [2.75, 3.05) is 14.2 Å². The van der Waals surface area contributed by atoms with Gasteiger partial charge >= 0.3 is 12.3 Å². The lowest BCUT2D eigenvalue weighted by atomic mass is 10.2. The first-order chi connectivity index (χ1) is 8.82. The fourth-order valence-electron chi connectivity index (χ4n) is 1.27. The fraction of sp³-hybridized carbons (Fsp3) is 0.400. The summed E-state index contributed by atoms with van der Waals surface area (Å²) < 4.78 is 49.7. The lowest BCUT2D eigenvalue weighted by Crippen LogP contribution is -2.21. The topological polar surface area (TPSA) is 83.7 Å². The van der Waals surface area contributed by atoms with E-state index in [1.54, 1.807) is 0 Å². The van der Waals surface area contributed by atoms with Crippen molar-refractivity contribution in [3.05, 3.63) is 17.5 Å². The summed E-state index contributed by atoms with van der Waals surface area (Å²) in [4.78, 5) is 15.1. The average molecular weight is 280 g/mol. The lowest BCUT2D eigenvalue weighted by molar-refractivity contribution is -0.275. The molecule has 0 atom stereocenters. The van der Waals surface area contributed by atoms with Gasteiger partial charge in [-0.3, -0.25) is 0 Å². The van der Waals surface area contributed by atoms with E-state index in [1.807, 2.05) is 0 Å². The number of esters is 1. The summed E-state index contributed by atoms with van der Waals surface area (Å²) in [6.45, 7) is -0.0906. The van der Waals surface area contributed by atoms with E-state index in [9.17, 15) is 18.0 Å². The van der Waals surface area contributed by atoms with Crippen molar-refractivity contribution < 1.29 is 32.2 Å². The van der Waals surface area contributed by atoms with E-state index in [2.05, 4.69) is 14.5 Å². The van der Waals surface area contributed by atoms with Crippen molar-refractivity contribution in [2.24, 2.45) is 5.73 Å². The first kappa shape index (κ1) is 15.0. The normalized spacial score (nSPS) is 11.1. The molecule has 2 N–H and O–H groups in total. The van der Waals surface area contributed by atoms with E-state index in [0.29, 0.717) is 0 Å². The van der Waals surface area contributed by atoms with Crippen LogP contribution < -0.4 is 15.2 Å². The maximum absolute atomic E-state index is 12.3. The minimum atomic E-state index is -5.00. The number of rotatable bonds is 4. The Balaban J connectivity index is 3.41. The number of ether oxygens (including phenoxy) is 3. The average Bonchev–Trinajstić information content (AvgIpc) is 2.36. The monoisotopic (exact) mass is 280 g/mol. The van der Waals surface area contributed by atoms with Gasteiger partial charge in [-0.15, -0.1) is 13.2 Å². The molecule has 1 rings (SSSR count). The SMILES string of the molecule is COC(=O)c1nc(CN)cc(OC)c1OC(F)(F)F. The molecule has 0 aliphatic heterocycles. The molecular weight excluding hydrogens is 269 g/mol. The summed E-state index contributed by atoms with van der Waals surface area (Å²) in [5.41, 5.74) is 4.83. The number of hydrogen-bond donors (Lipinski definition) is 1. The van der Waals surface area contributed by atoms with Gasteiger partial charge in [-0.25, -0.2) is 9.78 Å². The predicted molar refractivity (Wildman–Crippen MR) is 56.7 cm³/mol. The van der Waals surface area contributed by atoms with Crippen molar-refractivity contribution in [3.8, 4) is 11.5 Å². The third-order valence-corrected chi connectivity index (χ3v) is 2.02. The smallest absolute Gasteiger partial charge is 0.493 e. The van der Waals surface area contributed by atoms with Crippen LogP contribution in [0, 0.1) is 0 Å². The summed E-state index contributed by atoms with van der Waals surface area (Å²) in [6, 6.07) is 1.15. The molecule has 0 fully saturated rings. The maximum Gasteiger partial charge on any atom is 0.573 e. The van der Waals surface area contributed by atoms with Crippen LogP contribution in [0.4, 0.5) is 13.2 Å². The van der Waals surface area contributed by atoms with Gasteiger partial charge in [0.25, 0.3) is 0 Å². The molecule has 0 aromatic carbocycles. The minimum absolute atomic E-state index is 0.0906. The van der Waals surface area contributed by atoms with Gasteiger partial charge < -0.3 is 19.9 Å². The van der Waals surface area contributed by atoms with Gasteiger partial charge in [0.2, 0.25) is 5.75 Å². The molecule has 0 saturated carbocycles. The van der Waals surface area contributed by atoms with Crippen LogP contribution >= 0.6 is 0 Å². The molecule has 19 heavy (non-hydrogen) atoms. The van der Waals surface area contributed by atoms with Crippen LogP contribution in [-0.4, -0.2) is 31.5 Å². The molecule has 106 valence electrons. The van der Waals surface area contributed by atoms with Gasteiger partial charge in [-0.2, -0.15) is 0 Å². The van der Waals surface area contributed by atoms with Crippen LogP contribution in [0.3, 0.4) is 0 Å². The first-order valence-electron chi connectivity index (χ1n) is 4.94. The van der Waals surface area contributed by atoms with Gasteiger partial charge in [0, 0.05) is 12.6 Å². The molecule has 0 spiro atoms. The summed E-state index contributed by atoms with van der Waals surface area (Å²) in [7, 11) is 2.13. The Morgan fingerprint density at radius 1 is 1.42 bits per heavy atom. The van der Waals surface area contributed by atoms with Gasteiger partial charge in [-0.1, -0.05) is 0 Å². The van der Waals surface area contributed by atoms with Gasteiger partial charge in [0.1, 0.15) is 0 Å². The summed E-state index contributed by atoms with van der Waals surface area (Å²) >= 11 is 0. The van der Waals surface area contributed by atoms with Crippen molar-refractivity contribution in [1.29, 1.82) is 0 Å². The number of carbonyl (C=O) groups excluding carboxylic acids is 1. The molecule has 1 aromatic rings. The molecular formula is C10H11F3N2O4. The highest BCUT2D eigenvalue weighted by atomic mass is 19.4. The molecule has 1 aromatic heterocycles. The maximum atomic E-state index is 12.3. The van der Waals surface area contributed by atoms with Gasteiger partial charge in [0.05, 0.1) is 19.9 Å². The van der Waals surface area contributed by atoms with Crippen molar-refractivity contribution in [3.63, 3.8) is 0 Å². The summed E-state index contributed by atoms with van der Waals surface area (Å²) in [6.07, 6.45) is -5.00. The molecule has 0 bridgehead atoms. The third kappa shape index (κ3) is 3.71. The van der Waals surface area contributed by atoms with E-state index in [1.165, 1.54) is 0 Å². The minimum Gasteiger partial charge on any atom is -0.493 e. The number of alkyl halides is 3. The number of nitrogens with two attached hydrogens (primary N) is 1. The number of aromatic nitrogens is 1. The molecule has 6 nitrogen and oxygen atoms in total. The van der Waals surface area contributed by atoms with Crippen molar-refractivity contribution in [1.82, 2.24) is 4.98 Å². The van der Waals surface area contributed by atoms with Crippen LogP contribution in [0.1, 0.15) is 16.2 Å². The van der Waals surface area contributed by atoms with Gasteiger partial charge in [0.15, 0.2) is 11.4 Å². The quantitative estimate of drug-likeness (QED) is 0.835. The zero-order valence-electron chi connectivity index (χ0n) is 10.1. The Hall–Kier alpha value is -2.03. The molecule has 0 radical (unpaired) electrons. The molecule has 0 amide bonds. The second kappa shape index (κ2) is 5.74. The zero-order chi connectivity index (χ0) is 14.6. The second-order valence-corrected chi connectivity index (χ2v) is 3.24. The summed E-state index contributed by atoms with van der Waals surface area (Å²) in [5, 5.41) is 0. The van der Waals surface area contributed by atoms with Crippen LogP contribution in [0.15, 0.2) is 6.07 Å². The van der Waals surface area contributed by atoms with Crippen molar-refractivity contribution in [2.45, 2.75) is 12.9 Å². The molecule has 9 heteroatoms. The van der Waals surface area contributed by atoms with E-state index in [4.69, 9.17) is 10.5 Å².